The number of fused-ring (bicyclic) bond motifs is 1. The lowest BCUT2D eigenvalue weighted by atomic mass is 9.66. The lowest BCUT2D eigenvalue weighted by Crippen LogP contribution is -2.60. The first-order valence-electron chi connectivity index (χ1n) is 9.83. The van der Waals surface area contributed by atoms with Gasteiger partial charge in [-0.15, -0.1) is 0 Å². The van der Waals surface area contributed by atoms with Crippen molar-refractivity contribution >= 4 is 5.91 Å². The summed E-state index contributed by atoms with van der Waals surface area (Å²) in [6, 6.07) is 1.42. The van der Waals surface area contributed by atoms with Gasteiger partial charge in [-0.05, 0) is 31.7 Å². The zero-order valence-corrected chi connectivity index (χ0v) is 16.6. The molecule has 0 unspecified atom stereocenters. The van der Waals surface area contributed by atoms with Crippen LogP contribution < -0.4 is 5.32 Å². The molecule has 0 bridgehead atoms. The fourth-order valence-electron chi connectivity index (χ4n) is 4.69. The van der Waals surface area contributed by atoms with Crippen LogP contribution in [0.15, 0.2) is 12.1 Å². The number of carbonyl (C=O) groups excluding carboxylic acids is 1. The highest BCUT2D eigenvalue weighted by Crippen LogP contribution is 2.48. The van der Waals surface area contributed by atoms with Gasteiger partial charge in [-0.2, -0.15) is 0 Å². The van der Waals surface area contributed by atoms with E-state index in [1.165, 1.54) is 7.11 Å². The Balaban J connectivity index is 1.89. The number of halogens is 3. The first-order chi connectivity index (χ1) is 13.2. The first kappa shape index (κ1) is 21.1. The van der Waals surface area contributed by atoms with Gasteiger partial charge in [0.2, 0.25) is 5.91 Å². The normalized spacial score (nSPS) is 32.6. The molecule has 0 radical (unpaired) electrons. The van der Waals surface area contributed by atoms with Crippen LogP contribution in [0.2, 0.25) is 0 Å². The summed E-state index contributed by atoms with van der Waals surface area (Å²) in [5, 5.41) is 3.10. The van der Waals surface area contributed by atoms with E-state index in [4.69, 9.17) is 9.47 Å². The monoisotopic (exact) mass is 399 g/mol. The highest BCUT2D eigenvalue weighted by molar-refractivity contribution is 5.77. The SMILES string of the molecule is COCCC(=O)N[C@@]1(C)C[C@H](c2cc(F)c(F)cc2F)O[C@@H]2C[C@H](C)CC[C@H]21. The summed E-state index contributed by atoms with van der Waals surface area (Å²) < 4.78 is 52.7. The summed E-state index contributed by atoms with van der Waals surface area (Å²) in [7, 11) is 1.53. The number of nitrogens with one attached hydrogen (secondary N) is 1. The van der Waals surface area contributed by atoms with Gasteiger partial charge in [-0.1, -0.05) is 13.3 Å². The minimum Gasteiger partial charge on any atom is -0.384 e. The number of methoxy groups -OCH3 is 1. The maximum absolute atomic E-state index is 14.4. The highest BCUT2D eigenvalue weighted by Gasteiger charge is 2.49. The molecule has 1 N–H and O–H groups in total. The van der Waals surface area contributed by atoms with Crippen molar-refractivity contribution in [1.82, 2.24) is 5.32 Å². The van der Waals surface area contributed by atoms with Crippen LogP contribution in [0.25, 0.3) is 0 Å². The maximum atomic E-state index is 14.4. The molecule has 2 fully saturated rings. The number of hydrogen-bond acceptors (Lipinski definition) is 3. The molecule has 3 rings (SSSR count). The Morgan fingerprint density at radius 1 is 1.25 bits per heavy atom. The molecular formula is C21H28F3NO3. The molecule has 1 saturated carbocycles. The molecule has 5 atom stereocenters. The highest BCUT2D eigenvalue weighted by atomic mass is 19.2. The Morgan fingerprint density at radius 3 is 2.68 bits per heavy atom. The Kier molecular flexibility index (Phi) is 6.34. The molecule has 2 aliphatic rings. The van der Waals surface area contributed by atoms with Gasteiger partial charge in [0.25, 0.3) is 0 Å². The molecule has 1 amide bonds. The van der Waals surface area contributed by atoms with Crippen molar-refractivity contribution in [3.8, 4) is 0 Å². The van der Waals surface area contributed by atoms with Crippen molar-refractivity contribution in [1.29, 1.82) is 0 Å². The van der Waals surface area contributed by atoms with E-state index in [0.29, 0.717) is 25.0 Å². The summed E-state index contributed by atoms with van der Waals surface area (Å²) in [6.07, 6.45) is 2.29. The van der Waals surface area contributed by atoms with E-state index in [0.717, 1.165) is 25.3 Å². The van der Waals surface area contributed by atoms with Gasteiger partial charge < -0.3 is 14.8 Å². The Morgan fingerprint density at radius 2 is 1.96 bits per heavy atom. The van der Waals surface area contributed by atoms with Crippen molar-refractivity contribution in [3.05, 3.63) is 35.1 Å². The Labute approximate surface area is 163 Å². The summed E-state index contributed by atoms with van der Waals surface area (Å²) in [4.78, 5) is 12.4. The van der Waals surface area contributed by atoms with Gasteiger partial charge in [-0.25, -0.2) is 13.2 Å². The number of ether oxygens (including phenoxy) is 2. The van der Waals surface area contributed by atoms with E-state index in [1.54, 1.807) is 0 Å². The molecule has 1 heterocycles. The number of carbonyl (C=O) groups is 1. The van der Waals surface area contributed by atoms with Crippen LogP contribution in [0.1, 0.15) is 57.6 Å². The lowest BCUT2D eigenvalue weighted by molar-refractivity contribution is -0.154. The largest absolute Gasteiger partial charge is 0.384 e. The third-order valence-corrected chi connectivity index (χ3v) is 6.17. The van der Waals surface area contributed by atoms with E-state index in [9.17, 15) is 18.0 Å². The van der Waals surface area contributed by atoms with Crippen LogP contribution in [0, 0.1) is 29.3 Å². The molecule has 1 aliphatic carbocycles. The summed E-state index contributed by atoms with van der Waals surface area (Å²) in [6.45, 7) is 4.39. The van der Waals surface area contributed by atoms with Crippen molar-refractivity contribution in [2.75, 3.05) is 13.7 Å². The van der Waals surface area contributed by atoms with Crippen LogP contribution in [0.3, 0.4) is 0 Å². The van der Waals surface area contributed by atoms with E-state index >= 15 is 0 Å². The summed E-state index contributed by atoms with van der Waals surface area (Å²) in [5.74, 6) is -2.78. The van der Waals surface area contributed by atoms with Gasteiger partial charge in [0, 0.05) is 43.0 Å². The third kappa shape index (κ3) is 4.35. The van der Waals surface area contributed by atoms with Crippen molar-refractivity contribution in [2.45, 2.75) is 63.7 Å². The van der Waals surface area contributed by atoms with E-state index < -0.39 is 29.1 Å². The van der Waals surface area contributed by atoms with Crippen LogP contribution >= 0.6 is 0 Å². The van der Waals surface area contributed by atoms with Crippen molar-refractivity contribution in [3.63, 3.8) is 0 Å². The van der Waals surface area contributed by atoms with E-state index in [2.05, 4.69) is 12.2 Å². The Bertz CT molecular complexity index is 729. The van der Waals surface area contributed by atoms with Gasteiger partial charge in [0.05, 0.1) is 18.8 Å². The molecule has 1 aromatic rings. The zero-order chi connectivity index (χ0) is 20.5. The number of amides is 1. The molecule has 4 nitrogen and oxygen atoms in total. The minimum atomic E-state index is -1.23. The Hall–Kier alpha value is -1.60. The fourth-order valence-corrected chi connectivity index (χ4v) is 4.69. The molecule has 1 aliphatic heterocycles. The molecule has 1 saturated heterocycles. The summed E-state index contributed by atoms with van der Waals surface area (Å²) >= 11 is 0. The maximum Gasteiger partial charge on any atom is 0.222 e. The van der Waals surface area contributed by atoms with Gasteiger partial charge in [0.1, 0.15) is 5.82 Å². The second kappa shape index (κ2) is 8.41. The zero-order valence-electron chi connectivity index (χ0n) is 16.6. The second-order valence-corrected chi connectivity index (χ2v) is 8.39. The molecule has 156 valence electrons. The molecule has 1 aromatic carbocycles. The second-order valence-electron chi connectivity index (χ2n) is 8.39. The van der Waals surface area contributed by atoms with Crippen molar-refractivity contribution < 1.29 is 27.4 Å². The van der Waals surface area contributed by atoms with Gasteiger partial charge in [0.15, 0.2) is 11.6 Å². The predicted octanol–water partition coefficient (Wildman–Crippen LogP) is 4.28. The predicted molar refractivity (Wildman–Crippen MR) is 98.1 cm³/mol. The van der Waals surface area contributed by atoms with Crippen LogP contribution in [-0.4, -0.2) is 31.3 Å². The van der Waals surface area contributed by atoms with Gasteiger partial charge >= 0.3 is 0 Å². The molecule has 0 spiro atoms. The van der Waals surface area contributed by atoms with Crippen LogP contribution in [-0.2, 0) is 14.3 Å². The quantitative estimate of drug-likeness (QED) is 0.752. The topological polar surface area (TPSA) is 47.6 Å². The summed E-state index contributed by atoms with van der Waals surface area (Å²) in [5.41, 5.74) is -0.636. The lowest BCUT2D eigenvalue weighted by Gasteiger charge is -2.52. The van der Waals surface area contributed by atoms with E-state index in [1.807, 2.05) is 6.92 Å². The van der Waals surface area contributed by atoms with Crippen LogP contribution in [0.5, 0.6) is 0 Å². The first-order valence-corrected chi connectivity index (χ1v) is 9.83. The standard InChI is InChI=1S/C21H28F3NO3/c1-12-4-5-14-18(8-12)28-19(13-9-16(23)17(24)10-15(13)22)11-21(14,2)25-20(26)6-7-27-3/h9-10,12,14,18-19H,4-8,11H2,1-3H3,(H,25,26)/t12-,14-,18-,19-,21+/m1/s1. The molecular weight excluding hydrogens is 371 g/mol. The van der Waals surface area contributed by atoms with E-state index in [-0.39, 0.29) is 29.9 Å². The molecule has 0 aromatic heterocycles. The number of rotatable bonds is 5. The number of hydrogen-bond donors (Lipinski definition) is 1. The average molecular weight is 399 g/mol. The molecule has 28 heavy (non-hydrogen) atoms. The minimum absolute atomic E-state index is 0.00654. The third-order valence-electron chi connectivity index (χ3n) is 6.17. The smallest absolute Gasteiger partial charge is 0.222 e. The molecule has 7 heteroatoms. The van der Waals surface area contributed by atoms with Crippen LogP contribution in [0.4, 0.5) is 13.2 Å². The fraction of sp³-hybridized carbons (Fsp3) is 0.667. The average Bonchev–Trinajstić information content (AvgIpc) is 2.62. The van der Waals surface area contributed by atoms with Crippen molar-refractivity contribution in [2.24, 2.45) is 11.8 Å². The van der Waals surface area contributed by atoms with Gasteiger partial charge in [-0.3, -0.25) is 4.79 Å². The number of benzene rings is 1.